The van der Waals surface area contributed by atoms with E-state index in [0.29, 0.717) is 5.56 Å². The lowest BCUT2D eigenvalue weighted by atomic mass is 9.99. The van der Waals surface area contributed by atoms with Crippen molar-refractivity contribution in [1.82, 2.24) is 4.98 Å². The number of aromatic amines is 1. The van der Waals surface area contributed by atoms with E-state index >= 15 is 0 Å². The van der Waals surface area contributed by atoms with Crippen molar-refractivity contribution in [3.63, 3.8) is 0 Å². The Kier molecular flexibility index (Phi) is 3.81. The third-order valence-corrected chi connectivity index (χ3v) is 3.64. The third kappa shape index (κ3) is 3.25. The number of halogens is 6. The van der Waals surface area contributed by atoms with Crippen LogP contribution in [0.5, 0.6) is 0 Å². The van der Waals surface area contributed by atoms with Gasteiger partial charge in [-0.25, -0.2) is 0 Å². The number of H-pyrrole nitrogens is 1. The summed E-state index contributed by atoms with van der Waals surface area (Å²) < 4.78 is 77.3. The van der Waals surface area contributed by atoms with Gasteiger partial charge in [-0.2, -0.15) is 26.3 Å². The van der Waals surface area contributed by atoms with Crippen molar-refractivity contribution in [2.45, 2.75) is 18.8 Å². The van der Waals surface area contributed by atoms with Crippen molar-refractivity contribution < 1.29 is 26.3 Å². The van der Waals surface area contributed by atoms with Crippen molar-refractivity contribution in [1.29, 1.82) is 0 Å². The van der Waals surface area contributed by atoms with Crippen LogP contribution in [-0.4, -0.2) is 11.2 Å². The van der Waals surface area contributed by atoms with Gasteiger partial charge in [-0.15, -0.1) is 0 Å². The van der Waals surface area contributed by atoms with Crippen LogP contribution >= 0.6 is 0 Å². The predicted molar refractivity (Wildman–Crippen MR) is 78.5 cm³/mol. The first-order valence-corrected chi connectivity index (χ1v) is 6.99. The molecule has 126 valence electrons. The Morgan fingerprint density at radius 3 is 2.08 bits per heavy atom. The van der Waals surface area contributed by atoms with E-state index in [9.17, 15) is 26.3 Å². The lowest BCUT2D eigenvalue weighted by Gasteiger charge is -2.09. The predicted octanol–water partition coefficient (Wildman–Crippen LogP) is 5.96. The second-order valence-electron chi connectivity index (χ2n) is 5.39. The van der Waals surface area contributed by atoms with Crippen molar-refractivity contribution in [3.8, 4) is 11.1 Å². The molecule has 3 aromatic rings. The van der Waals surface area contributed by atoms with Crippen LogP contribution in [0.4, 0.5) is 26.3 Å². The summed E-state index contributed by atoms with van der Waals surface area (Å²) in [7, 11) is 0. The van der Waals surface area contributed by atoms with E-state index in [4.69, 9.17) is 0 Å². The van der Waals surface area contributed by atoms with Gasteiger partial charge in [-0.1, -0.05) is 30.3 Å². The number of fused-ring (bicyclic) bond motifs is 1. The zero-order chi connectivity index (χ0) is 17.5. The first kappa shape index (κ1) is 16.4. The van der Waals surface area contributed by atoms with E-state index in [1.165, 1.54) is 0 Å². The summed E-state index contributed by atoms with van der Waals surface area (Å²) in [6.07, 6.45) is -10.3. The largest absolute Gasteiger partial charge is 0.416 e. The number of benzene rings is 2. The van der Waals surface area contributed by atoms with Gasteiger partial charge in [0.15, 0.2) is 0 Å². The van der Waals surface area contributed by atoms with Gasteiger partial charge in [-0.05, 0) is 23.8 Å². The summed E-state index contributed by atoms with van der Waals surface area (Å²) in [5.74, 6) is 0. The monoisotopic (exact) mass is 343 g/mol. The first-order valence-electron chi connectivity index (χ1n) is 6.99. The van der Waals surface area contributed by atoms with Crippen LogP contribution in [0.15, 0.2) is 48.5 Å². The Hall–Kier alpha value is -2.44. The molecule has 0 unspecified atom stereocenters. The van der Waals surface area contributed by atoms with E-state index in [-0.39, 0.29) is 22.2 Å². The highest BCUT2D eigenvalue weighted by atomic mass is 19.4. The maximum Gasteiger partial charge on any atom is 0.416 e. The molecule has 0 aliphatic carbocycles. The molecule has 0 aliphatic heterocycles. The maximum absolute atomic E-state index is 12.9. The first-order chi connectivity index (χ1) is 11.1. The van der Waals surface area contributed by atoms with Crippen LogP contribution in [0.25, 0.3) is 22.0 Å². The third-order valence-electron chi connectivity index (χ3n) is 3.64. The zero-order valence-corrected chi connectivity index (χ0v) is 12.1. The zero-order valence-electron chi connectivity index (χ0n) is 12.1. The van der Waals surface area contributed by atoms with Crippen molar-refractivity contribution in [2.24, 2.45) is 0 Å². The van der Waals surface area contributed by atoms with Crippen molar-refractivity contribution in [2.75, 3.05) is 0 Å². The van der Waals surface area contributed by atoms with Crippen LogP contribution in [0.1, 0.15) is 11.3 Å². The fraction of sp³-hybridized carbons (Fsp3) is 0.176. The molecule has 0 radical (unpaired) electrons. The van der Waals surface area contributed by atoms with Gasteiger partial charge in [0.1, 0.15) is 0 Å². The van der Waals surface area contributed by atoms with Crippen LogP contribution in [0, 0.1) is 0 Å². The molecular formula is C17H11F6N. The van der Waals surface area contributed by atoms with Gasteiger partial charge >= 0.3 is 12.4 Å². The molecule has 1 heterocycles. The second-order valence-corrected chi connectivity index (χ2v) is 5.39. The summed E-state index contributed by atoms with van der Waals surface area (Å²) in [5.41, 5.74) is -0.231. The summed E-state index contributed by atoms with van der Waals surface area (Å²) in [5, 5.41) is 0.121. The van der Waals surface area contributed by atoms with Crippen LogP contribution in [0.3, 0.4) is 0 Å². The smallest absolute Gasteiger partial charge is 0.358 e. The van der Waals surface area contributed by atoms with E-state index < -0.39 is 24.3 Å². The number of hydrogen-bond acceptors (Lipinski definition) is 0. The van der Waals surface area contributed by atoms with Gasteiger partial charge in [0.05, 0.1) is 12.0 Å². The highest BCUT2D eigenvalue weighted by Crippen LogP contribution is 2.38. The fourth-order valence-corrected chi connectivity index (χ4v) is 2.69. The Balaban J connectivity index is 2.27. The molecule has 1 nitrogen and oxygen atoms in total. The SMILES string of the molecule is FC(F)(F)Cc1[nH]c2ccc(C(F)(F)F)cc2c1-c1ccccc1. The van der Waals surface area contributed by atoms with Crippen LogP contribution in [-0.2, 0) is 12.6 Å². The van der Waals surface area contributed by atoms with Gasteiger partial charge in [0.25, 0.3) is 0 Å². The van der Waals surface area contributed by atoms with Gasteiger partial charge in [-0.3, -0.25) is 0 Å². The molecule has 0 aliphatic rings. The molecule has 0 spiro atoms. The average molecular weight is 343 g/mol. The van der Waals surface area contributed by atoms with E-state index in [1.54, 1.807) is 30.3 Å². The van der Waals surface area contributed by atoms with Gasteiger partial charge in [0, 0.05) is 22.2 Å². The molecule has 3 rings (SSSR count). The standard InChI is InChI=1S/C17H11F6N/c18-16(19,20)9-14-15(10-4-2-1-3-5-10)12-8-11(17(21,22)23)6-7-13(12)24-14/h1-8,24H,9H2. The molecular weight excluding hydrogens is 332 g/mol. The number of alkyl halides is 6. The molecule has 0 fully saturated rings. The van der Waals surface area contributed by atoms with Gasteiger partial charge in [0.2, 0.25) is 0 Å². The van der Waals surface area contributed by atoms with Crippen LogP contribution in [0.2, 0.25) is 0 Å². The van der Waals surface area contributed by atoms with Gasteiger partial charge < -0.3 is 4.98 Å². The number of aromatic nitrogens is 1. The minimum absolute atomic E-state index is 0.121. The summed E-state index contributed by atoms with van der Waals surface area (Å²) in [6, 6.07) is 11.0. The minimum atomic E-state index is -4.57. The molecule has 0 amide bonds. The molecule has 0 saturated heterocycles. The Morgan fingerprint density at radius 2 is 1.50 bits per heavy atom. The molecule has 1 N–H and O–H groups in total. The van der Waals surface area contributed by atoms with E-state index in [0.717, 1.165) is 18.2 Å². The number of hydrogen-bond donors (Lipinski definition) is 1. The van der Waals surface area contributed by atoms with E-state index in [1.807, 2.05) is 0 Å². The summed E-state index contributed by atoms with van der Waals surface area (Å²) in [6.45, 7) is 0. The average Bonchev–Trinajstić information content (AvgIpc) is 2.81. The highest BCUT2D eigenvalue weighted by Gasteiger charge is 2.33. The minimum Gasteiger partial charge on any atom is -0.358 e. The molecule has 2 aromatic carbocycles. The molecule has 0 bridgehead atoms. The Labute approximate surface area is 132 Å². The normalized spacial score (nSPS) is 12.8. The molecule has 7 heteroatoms. The molecule has 0 saturated carbocycles. The number of rotatable bonds is 2. The van der Waals surface area contributed by atoms with Crippen molar-refractivity contribution >= 4 is 10.9 Å². The maximum atomic E-state index is 12.9. The summed E-state index contributed by atoms with van der Waals surface area (Å²) >= 11 is 0. The highest BCUT2D eigenvalue weighted by molar-refractivity contribution is 5.98. The topological polar surface area (TPSA) is 15.8 Å². The lowest BCUT2D eigenvalue weighted by molar-refractivity contribution is -0.137. The van der Waals surface area contributed by atoms with Crippen molar-refractivity contribution in [3.05, 3.63) is 59.8 Å². The quantitative estimate of drug-likeness (QED) is 0.553. The van der Waals surface area contributed by atoms with Crippen LogP contribution < -0.4 is 0 Å². The Bertz CT molecular complexity index is 858. The molecule has 0 atom stereocenters. The second kappa shape index (κ2) is 5.58. The number of nitrogens with one attached hydrogen (secondary N) is 1. The van der Waals surface area contributed by atoms with E-state index in [2.05, 4.69) is 4.98 Å². The fourth-order valence-electron chi connectivity index (χ4n) is 2.69. The Morgan fingerprint density at radius 1 is 0.833 bits per heavy atom. The lowest BCUT2D eigenvalue weighted by Crippen LogP contribution is -2.12. The summed E-state index contributed by atoms with van der Waals surface area (Å²) in [4.78, 5) is 2.61. The molecule has 24 heavy (non-hydrogen) atoms. The molecule has 1 aromatic heterocycles.